The summed E-state index contributed by atoms with van der Waals surface area (Å²) in [6.45, 7) is 1.52. The van der Waals surface area contributed by atoms with E-state index in [-0.39, 0.29) is 24.1 Å². The van der Waals surface area contributed by atoms with Crippen molar-refractivity contribution in [2.45, 2.75) is 69.5 Å². The van der Waals surface area contributed by atoms with E-state index in [1.54, 1.807) is 7.05 Å². The normalized spacial score (nSPS) is 14.5. The number of carbonyl (C=O) groups excluding carboxylic acids is 2. The van der Waals surface area contributed by atoms with Crippen LogP contribution in [-0.4, -0.2) is 113 Å². The molecule has 1 aromatic rings. The van der Waals surface area contributed by atoms with Crippen LogP contribution in [0, 0.1) is 10.7 Å². The lowest BCUT2D eigenvalue weighted by Crippen LogP contribution is -2.48. The van der Waals surface area contributed by atoms with Crippen LogP contribution in [0.2, 0.25) is 0 Å². The van der Waals surface area contributed by atoms with Gasteiger partial charge in [0.05, 0.1) is 31.0 Å². The molecule has 0 radical (unpaired) electrons. The molecule has 1 unspecified atom stereocenters. The van der Waals surface area contributed by atoms with E-state index in [0.717, 1.165) is 25.7 Å². The number of aliphatic hydroxyl groups is 5. The molecular weight excluding hydrogens is 883 g/mol. The number of likely N-dealkylation sites (N-methyl/N-ethyl adjacent to an activating group) is 1. The minimum Gasteiger partial charge on any atom is -0.479 e. The minimum absolute atomic E-state index is 0.0936. The van der Waals surface area contributed by atoms with Gasteiger partial charge in [-0.15, -0.1) is 0 Å². The molecule has 0 aliphatic heterocycles. The molecule has 0 aliphatic carbocycles. The van der Waals surface area contributed by atoms with Crippen molar-refractivity contribution in [3.8, 4) is 5.75 Å². The van der Waals surface area contributed by atoms with E-state index in [9.17, 15) is 24.6 Å². The number of carboxylic acids is 1. The van der Waals surface area contributed by atoms with Gasteiger partial charge >= 0.3 is 5.97 Å². The van der Waals surface area contributed by atoms with E-state index >= 15 is 0 Å². The van der Waals surface area contributed by atoms with E-state index < -0.39 is 43.1 Å². The average molecular weight is 923 g/mol. The number of amides is 2. The number of carbonyl (C=O) groups is 3. The number of rotatable bonds is 16. The standard InChI is InChI=1S/C18H23I3N2O5.C7H17NO5/c1-4-5-6-7-8-9(18(26)27)28-15-13(20)10(16(24)22-2)12(19)11(14(15)21)17(25)23-3;1-8-2-4(10)6(12)7(13)5(11)3-9/h9H,4-8H2,1-3H3,(H,22,24)(H,23,25)(H,26,27);4-13H,2-3H2,1H3/t;4-,5+,6+,7+/m.0/s1. The predicted octanol–water partition coefficient (Wildman–Crippen LogP) is 0.664. The molecule has 0 bridgehead atoms. The molecule has 0 heterocycles. The van der Waals surface area contributed by atoms with Crippen molar-refractivity contribution in [3.05, 3.63) is 21.8 Å². The van der Waals surface area contributed by atoms with Crippen LogP contribution < -0.4 is 20.7 Å². The molecule has 16 heteroatoms. The third-order valence-corrected chi connectivity index (χ3v) is 8.92. The Hall–Kier alpha value is -0.620. The number of halogens is 3. The van der Waals surface area contributed by atoms with Crippen molar-refractivity contribution >= 4 is 85.6 Å². The van der Waals surface area contributed by atoms with E-state index in [4.69, 9.17) is 25.2 Å². The maximum Gasteiger partial charge on any atom is 0.344 e. The summed E-state index contributed by atoms with van der Waals surface area (Å²) in [5, 5.41) is 62.2. The third-order valence-electron chi connectivity index (χ3n) is 5.78. The summed E-state index contributed by atoms with van der Waals surface area (Å²) in [6.07, 6.45) is -2.59. The SMILES string of the molecule is CCCCCCC(Oc1c(I)c(C(=O)NC)c(I)c(C(=O)NC)c1I)C(=O)O.CNC[C@H](O)[C@@H](O)[C@H](O)[C@H](O)CO. The smallest absolute Gasteiger partial charge is 0.344 e. The maximum absolute atomic E-state index is 12.4. The van der Waals surface area contributed by atoms with Gasteiger partial charge in [-0.2, -0.15) is 0 Å². The molecule has 2 amide bonds. The summed E-state index contributed by atoms with van der Waals surface area (Å²) < 4.78 is 7.33. The fourth-order valence-corrected chi connectivity index (χ4v) is 7.82. The number of hydrogen-bond donors (Lipinski definition) is 9. The first kappa shape index (κ1) is 40.4. The fraction of sp³-hybridized carbons (Fsp3) is 0.640. The first-order valence-corrected chi connectivity index (χ1v) is 16.0. The number of carboxylic acid groups (broad SMARTS) is 1. The maximum atomic E-state index is 12.4. The average Bonchev–Trinajstić information content (AvgIpc) is 2.94. The molecule has 0 aromatic heterocycles. The van der Waals surface area contributed by atoms with Gasteiger partial charge in [-0.3, -0.25) is 9.59 Å². The molecular formula is C25H40I3N3O10. The lowest BCUT2D eigenvalue weighted by atomic mass is 10.0. The Bertz CT molecular complexity index is 959. The summed E-state index contributed by atoms with van der Waals surface area (Å²) in [6, 6.07) is 0. The van der Waals surface area contributed by atoms with Gasteiger partial charge in [0, 0.05) is 24.2 Å². The van der Waals surface area contributed by atoms with Gasteiger partial charge in [-0.1, -0.05) is 26.2 Å². The van der Waals surface area contributed by atoms with Crippen molar-refractivity contribution in [1.29, 1.82) is 0 Å². The zero-order chi connectivity index (χ0) is 31.9. The van der Waals surface area contributed by atoms with Crippen LogP contribution in [0.3, 0.4) is 0 Å². The first-order chi connectivity index (χ1) is 19.2. The van der Waals surface area contributed by atoms with Gasteiger partial charge in [0.1, 0.15) is 24.1 Å². The molecule has 1 rings (SSSR count). The number of hydrogen-bond acceptors (Lipinski definition) is 10. The molecule has 0 spiro atoms. The molecule has 0 saturated carbocycles. The Morgan fingerprint density at radius 1 is 0.805 bits per heavy atom. The van der Waals surface area contributed by atoms with Gasteiger partial charge in [0.2, 0.25) is 0 Å². The van der Waals surface area contributed by atoms with Crippen LogP contribution in [0.5, 0.6) is 5.75 Å². The zero-order valence-corrected chi connectivity index (χ0v) is 29.8. The van der Waals surface area contributed by atoms with E-state index in [2.05, 4.69) is 22.9 Å². The lowest BCUT2D eigenvalue weighted by Gasteiger charge is -2.25. The van der Waals surface area contributed by atoms with Crippen LogP contribution in [0.1, 0.15) is 59.7 Å². The van der Waals surface area contributed by atoms with Crippen molar-refractivity contribution in [1.82, 2.24) is 16.0 Å². The number of ether oxygens (including phenoxy) is 1. The van der Waals surface area contributed by atoms with Crippen molar-refractivity contribution in [2.24, 2.45) is 0 Å². The van der Waals surface area contributed by atoms with E-state index in [0.29, 0.717) is 28.3 Å². The second-order valence-electron chi connectivity index (χ2n) is 8.83. The quantitative estimate of drug-likeness (QED) is 0.0830. The number of aliphatic carboxylic acids is 1. The Morgan fingerprint density at radius 2 is 1.29 bits per heavy atom. The number of benzene rings is 1. The highest BCUT2D eigenvalue weighted by atomic mass is 127. The molecule has 9 N–H and O–H groups in total. The molecule has 13 nitrogen and oxygen atoms in total. The van der Waals surface area contributed by atoms with Gasteiger partial charge in [-0.05, 0) is 87.7 Å². The van der Waals surface area contributed by atoms with Crippen LogP contribution in [0.15, 0.2) is 0 Å². The summed E-state index contributed by atoms with van der Waals surface area (Å²) in [7, 11) is 4.57. The highest BCUT2D eigenvalue weighted by Crippen LogP contribution is 2.38. The van der Waals surface area contributed by atoms with Crippen molar-refractivity contribution in [2.75, 3.05) is 34.3 Å². The zero-order valence-electron chi connectivity index (χ0n) is 23.3. The Morgan fingerprint density at radius 3 is 1.68 bits per heavy atom. The summed E-state index contributed by atoms with van der Waals surface area (Å²) >= 11 is 5.90. The first-order valence-electron chi connectivity index (χ1n) is 12.8. The predicted molar refractivity (Wildman–Crippen MR) is 177 cm³/mol. The highest BCUT2D eigenvalue weighted by molar-refractivity contribution is 14.1. The Balaban J connectivity index is 0.00000103. The lowest BCUT2D eigenvalue weighted by molar-refractivity contribution is -0.145. The monoisotopic (exact) mass is 923 g/mol. The number of aliphatic hydroxyl groups excluding tert-OH is 5. The van der Waals surface area contributed by atoms with Crippen molar-refractivity contribution < 1.29 is 49.8 Å². The summed E-state index contributed by atoms with van der Waals surface area (Å²) in [5.74, 6) is -1.55. The van der Waals surface area contributed by atoms with Crippen molar-refractivity contribution in [3.63, 3.8) is 0 Å². The molecule has 5 atom stereocenters. The van der Waals surface area contributed by atoms with Gasteiger partial charge < -0.3 is 51.3 Å². The number of nitrogens with one attached hydrogen (secondary N) is 3. The molecule has 1 aromatic carbocycles. The highest BCUT2D eigenvalue weighted by Gasteiger charge is 2.31. The van der Waals surface area contributed by atoms with Crippen LogP contribution in [0.4, 0.5) is 0 Å². The second kappa shape index (κ2) is 21.1. The number of unbranched alkanes of at least 4 members (excludes halogenated alkanes) is 3. The van der Waals surface area contributed by atoms with Crippen LogP contribution >= 0.6 is 67.8 Å². The summed E-state index contributed by atoms with van der Waals surface area (Å²) in [5.41, 5.74) is 0.598. The largest absolute Gasteiger partial charge is 0.479 e. The van der Waals surface area contributed by atoms with E-state index in [1.807, 2.05) is 67.8 Å². The fourth-order valence-electron chi connectivity index (χ4n) is 3.42. The summed E-state index contributed by atoms with van der Waals surface area (Å²) in [4.78, 5) is 36.6. The van der Waals surface area contributed by atoms with Crippen LogP contribution in [-0.2, 0) is 4.79 Å². The Labute approximate surface area is 280 Å². The van der Waals surface area contributed by atoms with E-state index in [1.165, 1.54) is 14.1 Å². The molecule has 236 valence electrons. The third kappa shape index (κ3) is 12.5. The Kier molecular flexibility index (Phi) is 20.8. The molecule has 0 aliphatic rings. The second-order valence-corrected chi connectivity index (χ2v) is 12.1. The van der Waals surface area contributed by atoms with Crippen LogP contribution in [0.25, 0.3) is 0 Å². The topological polar surface area (TPSA) is 218 Å². The molecule has 41 heavy (non-hydrogen) atoms. The molecule has 0 saturated heterocycles. The molecule has 0 fully saturated rings. The van der Waals surface area contributed by atoms with Gasteiger partial charge in [-0.25, -0.2) is 4.79 Å². The van der Waals surface area contributed by atoms with Gasteiger partial charge in [0.25, 0.3) is 11.8 Å². The minimum atomic E-state index is -1.55. The van der Waals surface area contributed by atoms with Gasteiger partial charge in [0.15, 0.2) is 6.10 Å².